The van der Waals surface area contributed by atoms with Crippen LogP contribution < -0.4 is 5.32 Å². The Morgan fingerprint density at radius 3 is 2.65 bits per heavy atom. The summed E-state index contributed by atoms with van der Waals surface area (Å²) in [5, 5.41) is 3.67. The summed E-state index contributed by atoms with van der Waals surface area (Å²) >= 11 is 7.09. The van der Waals surface area contributed by atoms with Crippen LogP contribution in [0.3, 0.4) is 0 Å². The summed E-state index contributed by atoms with van der Waals surface area (Å²) in [7, 11) is 0. The number of nitrogens with one attached hydrogen (secondary N) is 1. The van der Waals surface area contributed by atoms with Gasteiger partial charge in [-0.15, -0.1) is 0 Å². The molecule has 0 spiro atoms. The third kappa shape index (κ3) is 3.78. The maximum absolute atomic E-state index is 5.37. The molecule has 1 saturated heterocycles. The average molecular weight is 363 g/mol. The zero-order valence-electron chi connectivity index (χ0n) is 9.88. The predicted molar refractivity (Wildman–Crippen MR) is 77.2 cm³/mol. The van der Waals surface area contributed by atoms with Crippen LogP contribution in [0.1, 0.15) is 31.4 Å². The fourth-order valence-corrected chi connectivity index (χ4v) is 3.55. The monoisotopic (exact) mass is 361 g/mol. The molecule has 17 heavy (non-hydrogen) atoms. The first kappa shape index (κ1) is 13.5. The summed E-state index contributed by atoms with van der Waals surface area (Å²) in [6.45, 7) is 3.97. The van der Waals surface area contributed by atoms with Gasteiger partial charge in [-0.05, 0) is 37.5 Å². The molecule has 0 bridgehead atoms. The molecular weight excluding hydrogens is 346 g/mol. The Bertz CT molecular complexity index is 378. The first-order valence-electron chi connectivity index (χ1n) is 5.95. The topological polar surface area (TPSA) is 21.3 Å². The van der Waals surface area contributed by atoms with E-state index in [4.69, 9.17) is 4.74 Å². The molecule has 1 fully saturated rings. The van der Waals surface area contributed by atoms with Crippen LogP contribution >= 0.6 is 31.9 Å². The van der Waals surface area contributed by atoms with E-state index in [-0.39, 0.29) is 0 Å². The summed E-state index contributed by atoms with van der Waals surface area (Å²) in [4.78, 5) is 0. The third-order valence-corrected chi connectivity index (χ3v) is 4.32. The maximum Gasteiger partial charge on any atom is 0.0480 e. The minimum atomic E-state index is 0.362. The highest BCUT2D eigenvalue weighted by atomic mass is 79.9. The van der Waals surface area contributed by atoms with E-state index < -0.39 is 0 Å². The van der Waals surface area contributed by atoms with Crippen LogP contribution in [0.2, 0.25) is 0 Å². The second kappa shape index (κ2) is 6.32. The number of hydrogen-bond acceptors (Lipinski definition) is 2. The van der Waals surface area contributed by atoms with Crippen LogP contribution in [0.25, 0.3) is 0 Å². The summed E-state index contributed by atoms with van der Waals surface area (Å²) in [6, 6.07) is 7.28. The van der Waals surface area contributed by atoms with Crippen LogP contribution in [0.15, 0.2) is 27.1 Å². The van der Waals surface area contributed by atoms with Crippen LogP contribution in [-0.4, -0.2) is 19.3 Å². The Labute approximate surface area is 119 Å². The largest absolute Gasteiger partial charge is 0.381 e. The minimum absolute atomic E-state index is 0.362. The van der Waals surface area contributed by atoms with Crippen molar-refractivity contribution in [1.29, 1.82) is 0 Å². The molecule has 1 heterocycles. The first-order valence-corrected chi connectivity index (χ1v) is 7.54. The van der Waals surface area contributed by atoms with Gasteiger partial charge in [-0.1, -0.05) is 37.9 Å². The van der Waals surface area contributed by atoms with E-state index in [0.717, 1.165) is 35.0 Å². The molecular formula is C13H17Br2NO. The number of hydrogen-bond donors (Lipinski definition) is 1. The SMILES string of the molecule is CC(NC1CCOCC1)c1ccc(Br)cc1Br. The van der Waals surface area contributed by atoms with Gasteiger partial charge in [-0.2, -0.15) is 0 Å². The Morgan fingerprint density at radius 1 is 1.29 bits per heavy atom. The van der Waals surface area contributed by atoms with Gasteiger partial charge in [0.05, 0.1) is 0 Å². The van der Waals surface area contributed by atoms with Crippen LogP contribution in [-0.2, 0) is 4.74 Å². The molecule has 1 aromatic carbocycles. The third-order valence-electron chi connectivity index (χ3n) is 3.14. The molecule has 2 nitrogen and oxygen atoms in total. The molecule has 0 amide bonds. The van der Waals surface area contributed by atoms with E-state index in [2.05, 4.69) is 62.3 Å². The number of benzene rings is 1. The van der Waals surface area contributed by atoms with Crippen molar-refractivity contribution in [1.82, 2.24) is 5.32 Å². The molecule has 1 atom stereocenters. The molecule has 0 aromatic heterocycles. The molecule has 1 aliphatic rings. The highest BCUT2D eigenvalue weighted by Crippen LogP contribution is 2.27. The van der Waals surface area contributed by atoms with Crippen molar-refractivity contribution in [2.75, 3.05) is 13.2 Å². The zero-order chi connectivity index (χ0) is 12.3. The van der Waals surface area contributed by atoms with Gasteiger partial charge in [-0.3, -0.25) is 0 Å². The Balaban J connectivity index is 2.00. The van der Waals surface area contributed by atoms with E-state index in [9.17, 15) is 0 Å². The molecule has 2 rings (SSSR count). The second-order valence-electron chi connectivity index (χ2n) is 4.44. The van der Waals surface area contributed by atoms with Crippen LogP contribution in [0.5, 0.6) is 0 Å². The molecule has 0 saturated carbocycles. The summed E-state index contributed by atoms with van der Waals surface area (Å²) in [5.74, 6) is 0. The Morgan fingerprint density at radius 2 is 2.00 bits per heavy atom. The van der Waals surface area contributed by atoms with Crippen molar-refractivity contribution in [3.8, 4) is 0 Å². The molecule has 0 aliphatic carbocycles. The van der Waals surface area contributed by atoms with Gasteiger partial charge in [0, 0.05) is 34.2 Å². The highest BCUT2D eigenvalue weighted by molar-refractivity contribution is 9.11. The smallest absolute Gasteiger partial charge is 0.0480 e. The standard InChI is InChI=1S/C13H17Br2NO/c1-9(16-11-4-6-17-7-5-11)12-3-2-10(14)8-13(12)15/h2-3,8-9,11,16H,4-7H2,1H3. The fraction of sp³-hybridized carbons (Fsp3) is 0.538. The van der Waals surface area contributed by atoms with Crippen molar-refractivity contribution < 1.29 is 4.74 Å². The lowest BCUT2D eigenvalue weighted by atomic mass is 10.0. The molecule has 1 aliphatic heterocycles. The molecule has 4 heteroatoms. The van der Waals surface area contributed by atoms with Gasteiger partial charge in [-0.25, -0.2) is 0 Å². The first-order chi connectivity index (χ1) is 8.16. The lowest BCUT2D eigenvalue weighted by Crippen LogP contribution is -2.36. The van der Waals surface area contributed by atoms with E-state index in [0.29, 0.717) is 12.1 Å². The van der Waals surface area contributed by atoms with Gasteiger partial charge in [0.15, 0.2) is 0 Å². The van der Waals surface area contributed by atoms with E-state index in [1.165, 1.54) is 5.56 Å². The van der Waals surface area contributed by atoms with E-state index in [1.807, 2.05) is 0 Å². The van der Waals surface area contributed by atoms with Crippen molar-refractivity contribution in [3.63, 3.8) is 0 Å². The van der Waals surface area contributed by atoms with Gasteiger partial charge in [0.1, 0.15) is 0 Å². The second-order valence-corrected chi connectivity index (χ2v) is 6.21. The van der Waals surface area contributed by atoms with Crippen LogP contribution in [0, 0.1) is 0 Å². The average Bonchev–Trinajstić information content (AvgIpc) is 2.30. The molecule has 1 aromatic rings. The lowest BCUT2D eigenvalue weighted by Gasteiger charge is -2.27. The summed E-state index contributed by atoms with van der Waals surface area (Å²) < 4.78 is 7.63. The predicted octanol–water partition coefficient (Wildman–Crippen LogP) is 4.04. The van der Waals surface area contributed by atoms with E-state index >= 15 is 0 Å². The Hall–Kier alpha value is 0.1000. The fourth-order valence-electron chi connectivity index (χ4n) is 2.16. The summed E-state index contributed by atoms with van der Waals surface area (Å²) in [6.07, 6.45) is 2.22. The van der Waals surface area contributed by atoms with Crippen LogP contribution in [0.4, 0.5) is 0 Å². The summed E-state index contributed by atoms with van der Waals surface area (Å²) in [5.41, 5.74) is 1.31. The van der Waals surface area contributed by atoms with Crippen molar-refractivity contribution in [2.45, 2.75) is 31.8 Å². The number of rotatable bonds is 3. The molecule has 94 valence electrons. The van der Waals surface area contributed by atoms with Gasteiger partial charge in [0.2, 0.25) is 0 Å². The molecule has 0 radical (unpaired) electrons. The van der Waals surface area contributed by atoms with Gasteiger partial charge < -0.3 is 10.1 Å². The molecule has 1 unspecified atom stereocenters. The quantitative estimate of drug-likeness (QED) is 0.876. The maximum atomic E-state index is 5.37. The van der Waals surface area contributed by atoms with E-state index in [1.54, 1.807) is 0 Å². The number of halogens is 2. The van der Waals surface area contributed by atoms with Gasteiger partial charge >= 0.3 is 0 Å². The normalized spacial score (nSPS) is 19.2. The van der Waals surface area contributed by atoms with Crippen molar-refractivity contribution in [3.05, 3.63) is 32.7 Å². The van der Waals surface area contributed by atoms with Gasteiger partial charge in [0.25, 0.3) is 0 Å². The lowest BCUT2D eigenvalue weighted by molar-refractivity contribution is 0.0754. The zero-order valence-corrected chi connectivity index (χ0v) is 13.1. The minimum Gasteiger partial charge on any atom is -0.381 e. The Kier molecular flexibility index (Phi) is 5.03. The van der Waals surface area contributed by atoms with Crippen molar-refractivity contribution in [2.24, 2.45) is 0 Å². The number of ether oxygens (including phenoxy) is 1. The molecule has 1 N–H and O–H groups in total. The van der Waals surface area contributed by atoms with Crippen molar-refractivity contribution >= 4 is 31.9 Å². The highest BCUT2D eigenvalue weighted by Gasteiger charge is 2.17.